The van der Waals surface area contributed by atoms with Crippen molar-refractivity contribution in [3.05, 3.63) is 82.7 Å². The molecule has 0 bridgehead atoms. The van der Waals surface area contributed by atoms with Crippen molar-refractivity contribution < 1.29 is 26.7 Å². The molecule has 1 heterocycles. The Labute approximate surface area is 170 Å². The quantitative estimate of drug-likeness (QED) is 0.236. The van der Waals surface area contributed by atoms with Crippen molar-refractivity contribution in [2.45, 2.75) is 6.92 Å². The molecule has 30 heavy (non-hydrogen) atoms. The minimum Gasteiger partial charge on any atom is -0.321 e. The summed E-state index contributed by atoms with van der Waals surface area (Å²) in [5, 5.41) is 2.77. The lowest BCUT2D eigenvalue weighted by molar-refractivity contribution is 0.101. The van der Waals surface area contributed by atoms with Crippen molar-refractivity contribution in [1.82, 2.24) is 4.98 Å². The number of carbonyl (C=O) groups excluding carboxylic acids is 1. The lowest BCUT2D eigenvalue weighted by Gasteiger charge is -2.12. The molecule has 4 aromatic rings. The maximum absolute atomic E-state index is 14.0. The number of thiazole rings is 1. The van der Waals surface area contributed by atoms with E-state index in [4.69, 9.17) is 0 Å². The highest BCUT2D eigenvalue weighted by Gasteiger charge is 2.30. The van der Waals surface area contributed by atoms with E-state index in [0.717, 1.165) is 15.8 Å². The van der Waals surface area contributed by atoms with Crippen molar-refractivity contribution in [2.24, 2.45) is 0 Å². The molecule has 0 saturated heterocycles. The Kier molecular flexibility index (Phi) is 4.98. The van der Waals surface area contributed by atoms with Crippen molar-refractivity contribution in [3.63, 3.8) is 0 Å². The Morgan fingerprint density at radius 2 is 1.53 bits per heavy atom. The van der Waals surface area contributed by atoms with E-state index in [1.54, 1.807) is 25.1 Å². The molecular weight excluding hydrogens is 423 g/mol. The van der Waals surface area contributed by atoms with Gasteiger partial charge in [-0.2, -0.15) is 0 Å². The fraction of sp³-hybridized carbons (Fsp3) is 0.0476. The molecule has 4 rings (SSSR count). The number of hydrogen-bond donors (Lipinski definition) is 1. The first-order chi connectivity index (χ1) is 14.3. The van der Waals surface area contributed by atoms with Crippen molar-refractivity contribution in [1.29, 1.82) is 0 Å². The summed E-state index contributed by atoms with van der Waals surface area (Å²) in [5.41, 5.74) is 0.554. The summed E-state index contributed by atoms with van der Waals surface area (Å²) >= 11 is 1.33. The Morgan fingerprint density at radius 1 is 0.900 bits per heavy atom. The molecule has 1 amide bonds. The van der Waals surface area contributed by atoms with E-state index in [0.29, 0.717) is 10.6 Å². The smallest absolute Gasteiger partial charge is 0.261 e. The van der Waals surface area contributed by atoms with Crippen LogP contribution in [0.4, 0.5) is 27.6 Å². The van der Waals surface area contributed by atoms with Crippen LogP contribution < -0.4 is 5.32 Å². The third kappa shape index (κ3) is 3.30. The van der Waals surface area contributed by atoms with Gasteiger partial charge in [0.15, 0.2) is 23.3 Å². The topological polar surface area (TPSA) is 42.0 Å². The van der Waals surface area contributed by atoms with Gasteiger partial charge in [-0.25, -0.2) is 26.9 Å². The van der Waals surface area contributed by atoms with Gasteiger partial charge in [-0.3, -0.25) is 4.79 Å². The van der Waals surface area contributed by atoms with E-state index in [2.05, 4.69) is 10.3 Å². The number of fused-ring (bicyclic) bond motifs is 1. The lowest BCUT2D eigenvalue weighted by Crippen LogP contribution is -2.19. The largest absolute Gasteiger partial charge is 0.321 e. The number of aryl methyl sites for hydroxylation is 1. The summed E-state index contributed by atoms with van der Waals surface area (Å²) in [7, 11) is 0. The molecule has 0 unspecified atom stereocenters. The van der Waals surface area contributed by atoms with Gasteiger partial charge >= 0.3 is 0 Å². The van der Waals surface area contributed by atoms with E-state index in [-0.39, 0.29) is 5.69 Å². The number of amides is 1. The summed E-state index contributed by atoms with van der Waals surface area (Å²) in [6, 6.07) is 12.1. The van der Waals surface area contributed by atoms with Gasteiger partial charge in [0.05, 0.1) is 15.9 Å². The average molecular weight is 434 g/mol. The monoisotopic (exact) mass is 434 g/mol. The summed E-state index contributed by atoms with van der Waals surface area (Å²) in [5.74, 6) is -12.6. The zero-order valence-electron chi connectivity index (χ0n) is 15.2. The summed E-state index contributed by atoms with van der Waals surface area (Å²) in [6.45, 7) is 1.80. The molecule has 3 aromatic carbocycles. The number of nitrogens with one attached hydrogen (secondary N) is 1. The molecule has 0 aliphatic rings. The summed E-state index contributed by atoms with van der Waals surface area (Å²) < 4.78 is 69.1. The van der Waals surface area contributed by atoms with Crippen LogP contribution in [0.1, 0.15) is 15.9 Å². The Morgan fingerprint density at radius 3 is 2.20 bits per heavy atom. The number of para-hydroxylation sites is 1. The van der Waals surface area contributed by atoms with Crippen LogP contribution in [-0.2, 0) is 0 Å². The van der Waals surface area contributed by atoms with Gasteiger partial charge in [-0.15, -0.1) is 11.3 Å². The van der Waals surface area contributed by atoms with E-state index >= 15 is 0 Å². The van der Waals surface area contributed by atoms with Crippen LogP contribution in [0.25, 0.3) is 20.8 Å². The molecular formula is C21H11F5N2OS. The number of halogens is 5. The van der Waals surface area contributed by atoms with E-state index in [1.807, 2.05) is 18.2 Å². The van der Waals surface area contributed by atoms with Crippen LogP contribution in [-0.4, -0.2) is 10.9 Å². The van der Waals surface area contributed by atoms with E-state index in [1.165, 1.54) is 17.4 Å². The van der Waals surface area contributed by atoms with Crippen LogP contribution in [0.15, 0.2) is 42.5 Å². The Balaban J connectivity index is 1.79. The van der Waals surface area contributed by atoms with Gasteiger partial charge in [0.25, 0.3) is 5.91 Å². The predicted octanol–water partition coefficient (Wildman–Crippen LogP) is 6.22. The number of benzene rings is 3. The molecule has 0 fully saturated rings. The SMILES string of the molecule is Cc1ccc(NC(=O)c2c(F)c(F)c(F)c(F)c2F)c(-c2nc3ccccc3s2)c1. The van der Waals surface area contributed by atoms with Gasteiger partial charge < -0.3 is 5.32 Å². The van der Waals surface area contributed by atoms with Crippen molar-refractivity contribution >= 4 is 33.1 Å². The predicted molar refractivity (Wildman–Crippen MR) is 104 cm³/mol. The van der Waals surface area contributed by atoms with E-state index < -0.39 is 40.6 Å². The van der Waals surface area contributed by atoms with Gasteiger partial charge in [0, 0.05) is 5.56 Å². The first-order valence-electron chi connectivity index (χ1n) is 8.57. The number of hydrogen-bond acceptors (Lipinski definition) is 3. The van der Waals surface area contributed by atoms with Gasteiger partial charge in [-0.05, 0) is 31.2 Å². The van der Waals surface area contributed by atoms with Crippen LogP contribution in [0.5, 0.6) is 0 Å². The van der Waals surface area contributed by atoms with E-state index in [9.17, 15) is 26.7 Å². The van der Waals surface area contributed by atoms with Gasteiger partial charge in [0.2, 0.25) is 5.82 Å². The highest BCUT2D eigenvalue weighted by atomic mass is 32.1. The second-order valence-corrected chi connectivity index (χ2v) is 7.47. The highest BCUT2D eigenvalue weighted by molar-refractivity contribution is 7.21. The van der Waals surface area contributed by atoms with Crippen LogP contribution in [0.2, 0.25) is 0 Å². The van der Waals surface area contributed by atoms with Crippen LogP contribution >= 0.6 is 11.3 Å². The summed E-state index contributed by atoms with van der Waals surface area (Å²) in [6.07, 6.45) is 0. The Hall–Kier alpha value is -3.33. The molecule has 0 atom stereocenters. The van der Waals surface area contributed by atoms with Crippen LogP contribution in [0.3, 0.4) is 0 Å². The zero-order chi connectivity index (χ0) is 21.6. The highest BCUT2D eigenvalue weighted by Crippen LogP contribution is 2.35. The zero-order valence-corrected chi connectivity index (χ0v) is 16.0. The molecule has 1 aromatic heterocycles. The van der Waals surface area contributed by atoms with Crippen molar-refractivity contribution in [2.75, 3.05) is 5.32 Å². The minimum atomic E-state index is -2.33. The number of carbonyl (C=O) groups is 1. The number of nitrogens with zero attached hydrogens (tertiary/aromatic N) is 1. The third-order valence-corrected chi connectivity index (χ3v) is 5.45. The molecule has 0 spiro atoms. The molecule has 0 aliphatic carbocycles. The van der Waals surface area contributed by atoms with Crippen LogP contribution in [0, 0.1) is 36.0 Å². The third-order valence-electron chi connectivity index (χ3n) is 4.38. The molecule has 152 valence electrons. The molecule has 0 aliphatic heterocycles. The second kappa shape index (κ2) is 7.49. The maximum Gasteiger partial charge on any atom is 0.261 e. The van der Waals surface area contributed by atoms with Gasteiger partial charge in [0.1, 0.15) is 10.6 Å². The fourth-order valence-corrected chi connectivity index (χ4v) is 3.92. The number of rotatable bonds is 3. The number of anilines is 1. The first kappa shape index (κ1) is 20.0. The molecule has 3 nitrogen and oxygen atoms in total. The standard InChI is InChI=1S/C21H11F5N2OS/c1-9-6-7-11(10(8-9)21-28-12-4-2-3-5-13(12)30-21)27-20(29)14-15(22)17(24)19(26)18(25)16(14)23/h2-8H,1H3,(H,27,29). The normalized spacial score (nSPS) is 11.1. The fourth-order valence-electron chi connectivity index (χ4n) is 2.92. The van der Waals surface area contributed by atoms with Gasteiger partial charge in [-0.1, -0.05) is 23.8 Å². The number of aromatic nitrogens is 1. The Bertz CT molecular complexity index is 1260. The maximum atomic E-state index is 14.0. The second-order valence-electron chi connectivity index (χ2n) is 6.43. The van der Waals surface area contributed by atoms with Crippen molar-refractivity contribution in [3.8, 4) is 10.6 Å². The molecule has 1 N–H and O–H groups in total. The lowest BCUT2D eigenvalue weighted by atomic mass is 10.1. The molecule has 9 heteroatoms. The summed E-state index contributed by atoms with van der Waals surface area (Å²) in [4.78, 5) is 16.9. The molecule has 0 radical (unpaired) electrons. The minimum absolute atomic E-state index is 0.119. The average Bonchev–Trinajstić information content (AvgIpc) is 3.16. The molecule has 0 saturated carbocycles. The first-order valence-corrected chi connectivity index (χ1v) is 9.39.